The Morgan fingerprint density at radius 3 is 2.63 bits per heavy atom. The highest BCUT2D eigenvalue weighted by molar-refractivity contribution is 6.33. The number of halogens is 4. The number of hydrogen-bond acceptors (Lipinski definition) is 3. The van der Waals surface area contributed by atoms with Crippen LogP contribution in [0.25, 0.3) is 10.9 Å². The van der Waals surface area contributed by atoms with Gasteiger partial charge in [-0.3, -0.25) is 4.68 Å². The van der Waals surface area contributed by atoms with Crippen molar-refractivity contribution >= 4 is 34.2 Å². The van der Waals surface area contributed by atoms with E-state index in [1.165, 1.54) is 12.1 Å². The Kier molecular flexibility index (Phi) is 5.01. The summed E-state index contributed by atoms with van der Waals surface area (Å²) in [5.41, 5.74) is 1.21. The number of rotatable bonds is 5. The summed E-state index contributed by atoms with van der Waals surface area (Å²) in [6.45, 7) is 0.401. The van der Waals surface area contributed by atoms with Gasteiger partial charge in [0.05, 0.1) is 33.0 Å². The summed E-state index contributed by atoms with van der Waals surface area (Å²) in [6, 6.07) is 7.91. The fourth-order valence-electron chi connectivity index (χ4n) is 2.80. The second-order valence-electron chi connectivity index (χ2n) is 5.98. The third-order valence-electron chi connectivity index (χ3n) is 4.15. The minimum Gasteiger partial charge on any atom is -0.478 e. The van der Waals surface area contributed by atoms with Crippen molar-refractivity contribution in [2.45, 2.75) is 12.6 Å². The van der Waals surface area contributed by atoms with Crippen molar-refractivity contribution in [1.82, 2.24) is 9.78 Å². The van der Waals surface area contributed by atoms with E-state index in [4.69, 9.17) is 16.7 Å². The molecule has 0 unspecified atom stereocenters. The summed E-state index contributed by atoms with van der Waals surface area (Å²) in [5.74, 6) is -1.02. The molecule has 0 saturated heterocycles. The van der Waals surface area contributed by atoms with Crippen molar-refractivity contribution in [2.24, 2.45) is 7.05 Å². The molecule has 27 heavy (non-hydrogen) atoms. The predicted molar refractivity (Wildman–Crippen MR) is 96.3 cm³/mol. The molecule has 0 saturated carbocycles. The highest BCUT2D eigenvalue weighted by atomic mass is 35.5. The first-order chi connectivity index (χ1) is 12.7. The molecule has 0 aliphatic rings. The van der Waals surface area contributed by atoms with Gasteiger partial charge >= 0.3 is 12.1 Å². The number of hydrogen-bond donors (Lipinski definition) is 2. The van der Waals surface area contributed by atoms with Crippen LogP contribution in [0.2, 0.25) is 5.02 Å². The highest BCUT2D eigenvalue weighted by Crippen LogP contribution is 2.33. The number of alkyl halides is 3. The summed E-state index contributed by atoms with van der Waals surface area (Å²) in [6.07, 6.45) is -3.95. The molecule has 0 aliphatic heterocycles. The molecule has 1 heterocycles. The van der Waals surface area contributed by atoms with E-state index in [0.29, 0.717) is 24.2 Å². The Balaban J connectivity index is 1.73. The summed E-state index contributed by atoms with van der Waals surface area (Å²) in [5, 5.41) is 17.3. The Morgan fingerprint density at radius 2 is 2.00 bits per heavy atom. The maximum absolute atomic E-state index is 12.7. The Hall–Kier alpha value is -2.74. The number of carboxylic acid groups (broad SMARTS) is 1. The molecule has 3 rings (SSSR count). The van der Waals surface area contributed by atoms with E-state index in [-0.39, 0.29) is 10.6 Å². The number of aromatic carboxylic acids is 1. The summed E-state index contributed by atoms with van der Waals surface area (Å²) < 4.78 is 39.6. The van der Waals surface area contributed by atoms with E-state index in [2.05, 4.69) is 10.4 Å². The zero-order chi connectivity index (χ0) is 19.8. The lowest BCUT2D eigenvalue weighted by Gasteiger charge is -2.11. The Bertz CT molecular complexity index is 1010. The number of carboxylic acids is 1. The number of nitrogens with zero attached hydrogens (tertiary/aromatic N) is 2. The average Bonchev–Trinajstić information content (AvgIpc) is 2.91. The maximum atomic E-state index is 12.7. The van der Waals surface area contributed by atoms with Crippen LogP contribution in [0.15, 0.2) is 36.4 Å². The normalized spacial score (nSPS) is 11.7. The van der Waals surface area contributed by atoms with Crippen LogP contribution < -0.4 is 5.32 Å². The lowest BCUT2D eigenvalue weighted by Crippen LogP contribution is -2.08. The van der Waals surface area contributed by atoms with E-state index in [1.807, 2.05) is 0 Å². The number of fused-ring (bicyclic) bond motifs is 1. The maximum Gasteiger partial charge on any atom is 0.416 e. The monoisotopic (exact) mass is 397 g/mol. The van der Waals surface area contributed by atoms with Crippen molar-refractivity contribution in [2.75, 3.05) is 11.9 Å². The predicted octanol–water partition coefficient (Wildman–Crippen LogP) is 4.60. The molecule has 5 nitrogen and oxygen atoms in total. The third-order valence-corrected chi connectivity index (χ3v) is 4.46. The van der Waals surface area contributed by atoms with Gasteiger partial charge in [0.1, 0.15) is 0 Å². The largest absolute Gasteiger partial charge is 0.478 e. The third kappa shape index (κ3) is 4.00. The number of carbonyl (C=O) groups is 1. The second-order valence-corrected chi connectivity index (χ2v) is 6.38. The Morgan fingerprint density at radius 1 is 1.26 bits per heavy atom. The van der Waals surface area contributed by atoms with Gasteiger partial charge in [-0.05, 0) is 30.3 Å². The van der Waals surface area contributed by atoms with Gasteiger partial charge in [0.2, 0.25) is 0 Å². The van der Waals surface area contributed by atoms with Crippen LogP contribution in [0.3, 0.4) is 0 Å². The van der Waals surface area contributed by atoms with E-state index in [9.17, 15) is 18.0 Å². The van der Waals surface area contributed by atoms with Gasteiger partial charge in [-0.1, -0.05) is 17.7 Å². The molecular weight excluding hydrogens is 383 g/mol. The quantitative estimate of drug-likeness (QED) is 0.660. The first-order valence-electron chi connectivity index (χ1n) is 7.96. The molecule has 3 aromatic rings. The molecule has 0 amide bonds. The van der Waals surface area contributed by atoms with Crippen LogP contribution in [0, 0.1) is 0 Å². The minimum atomic E-state index is -4.44. The molecule has 2 N–H and O–H groups in total. The molecule has 0 fully saturated rings. The molecule has 2 aromatic carbocycles. The molecule has 0 bridgehead atoms. The SMILES string of the molecule is Cn1nc(CCNc2ccc(C(F)(F)F)cc2Cl)c2ccc(C(=O)O)cc21. The first kappa shape index (κ1) is 19.0. The standard InChI is InChI=1S/C18H15ClF3N3O2/c1-25-16-8-10(17(26)27)2-4-12(16)14(24-25)6-7-23-15-5-3-11(9-13(15)19)18(20,21)22/h2-5,8-9,23H,6-7H2,1H3,(H,26,27). The second kappa shape index (κ2) is 7.11. The summed E-state index contributed by atoms with van der Waals surface area (Å²) in [4.78, 5) is 11.1. The van der Waals surface area contributed by atoms with Crippen molar-refractivity contribution in [3.8, 4) is 0 Å². The van der Waals surface area contributed by atoms with E-state index in [0.717, 1.165) is 23.2 Å². The van der Waals surface area contributed by atoms with Crippen LogP contribution in [-0.2, 0) is 19.6 Å². The van der Waals surface area contributed by atoms with Gasteiger partial charge in [0, 0.05) is 25.4 Å². The molecule has 9 heteroatoms. The number of aromatic nitrogens is 2. The number of aryl methyl sites for hydroxylation is 1. The fourth-order valence-corrected chi connectivity index (χ4v) is 3.05. The van der Waals surface area contributed by atoms with Crippen LogP contribution >= 0.6 is 11.6 Å². The molecule has 0 spiro atoms. The van der Waals surface area contributed by atoms with Crippen molar-refractivity contribution in [3.63, 3.8) is 0 Å². The van der Waals surface area contributed by atoms with Crippen LogP contribution in [0.1, 0.15) is 21.6 Å². The molecule has 1 aromatic heterocycles. The molecule has 142 valence electrons. The number of nitrogens with one attached hydrogen (secondary N) is 1. The van der Waals surface area contributed by atoms with Gasteiger partial charge in [0.15, 0.2) is 0 Å². The van der Waals surface area contributed by atoms with Crippen molar-refractivity contribution in [3.05, 3.63) is 58.2 Å². The smallest absolute Gasteiger partial charge is 0.416 e. The van der Waals surface area contributed by atoms with E-state index < -0.39 is 17.7 Å². The van der Waals surface area contributed by atoms with Gasteiger partial charge in [-0.25, -0.2) is 4.79 Å². The highest BCUT2D eigenvalue weighted by Gasteiger charge is 2.30. The van der Waals surface area contributed by atoms with Gasteiger partial charge in [0.25, 0.3) is 0 Å². The van der Waals surface area contributed by atoms with Crippen molar-refractivity contribution in [1.29, 1.82) is 0 Å². The lowest BCUT2D eigenvalue weighted by molar-refractivity contribution is -0.137. The lowest BCUT2D eigenvalue weighted by atomic mass is 10.1. The van der Waals surface area contributed by atoms with Gasteiger partial charge < -0.3 is 10.4 Å². The first-order valence-corrected chi connectivity index (χ1v) is 8.34. The Labute approximate surface area is 157 Å². The van der Waals surface area contributed by atoms with Gasteiger partial charge in [-0.2, -0.15) is 18.3 Å². The molecule has 0 radical (unpaired) electrons. The minimum absolute atomic E-state index is 0.0122. The summed E-state index contributed by atoms with van der Waals surface area (Å²) in [7, 11) is 1.72. The zero-order valence-electron chi connectivity index (χ0n) is 14.1. The molecule has 0 aliphatic carbocycles. The average molecular weight is 398 g/mol. The topological polar surface area (TPSA) is 67.2 Å². The zero-order valence-corrected chi connectivity index (χ0v) is 14.9. The van der Waals surface area contributed by atoms with Crippen LogP contribution in [0.5, 0.6) is 0 Å². The number of anilines is 1. The van der Waals surface area contributed by atoms with E-state index in [1.54, 1.807) is 23.9 Å². The van der Waals surface area contributed by atoms with Crippen LogP contribution in [0.4, 0.5) is 18.9 Å². The number of benzene rings is 2. The van der Waals surface area contributed by atoms with Gasteiger partial charge in [-0.15, -0.1) is 0 Å². The molecule has 0 atom stereocenters. The van der Waals surface area contributed by atoms with E-state index >= 15 is 0 Å². The fraction of sp³-hybridized carbons (Fsp3) is 0.222. The molecular formula is C18H15ClF3N3O2. The van der Waals surface area contributed by atoms with Crippen LogP contribution in [-0.4, -0.2) is 27.4 Å². The summed E-state index contributed by atoms with van der Waals surface area (Å²) >= 11 is 5.93. The van der Waals surface area contributed by atoms with Crippen molar-refractivity contribution < 1.29 is 23.1 Å².